The van der Waals surface area contributed by atoms with Crippen LogP contribution in [0.2, 0.25) is 0 Å². The van der Waals surface area contributed by atoms with E-state index in [1.165, 1.54) is 12.1 Å². The van der Waals surface area contributed by atoms with E-state index in [4.69, 9.17) is 0 Å². The van der Waals surface area contributed by atoms with Crippen molar-refractivity contribution >= 4 is 21.6 Å². The van der Waals surface area contributed by atoms with Crippen LogP contribution in [0.3, 0.4) is 0 Å². The van der Waals surface area contributed by atoms with Crippen molar-refractivity contribution in [2.75, 3.05) is 11.4 Å². The molecule has 0 spiro atoms. The second-order valence-electron chi connectivity index (χ2n) is 3.55. The highest BCUT2D eigenvalue weighted by Gasteiger charge is 2.26. The largest absolute Gasteiger partial charge is 0.366 e. The predicted molar refractivity (Wildman–Crippen MR) is 55.5 cm³/mol. The Kier molecular flexibility index (Phi) is 2.47. The first-order valence-electron chi connectivity index (χ1n) is 4.51. The Balaban J connectivity index is 2.38. The molecule has 4 heteroatoms. The maximum Gasteiger partial charge on any atom is 0.147 e. The Morgan fingerprint density at radius 1 is 1.36 bits per heavy atom. The van der Waals surface area contributed by atoms with E-state index in [-0.39, 0.29) is 10.3 Å². The molecule has 1 unspecified atom stereocenters. The summed E-state index contributed by atoms with van der Waals surface area (Å²) in [7, 11) is 0. The number of hydrogen-bond acceptors (Lipinski definition) is 1. The zero-order chi connectivity index (χ0) is 10.3. The summed E-state index contributed by atoms with van der Waals surface area (Å²) in [4.78, 5) is 1.87. The molecule has 1 saturated heterocycles. The van der Waals surface area contributed by atoms with Gasteiger partial charge in [-0.2, -0.15) is 0 Å². The zero-order valence-corrected chi connectivity index (χ0v) is 9.31. The molecule has 14 heavy (non-hydrogen) atoms. The van der Waals surface area contributed by atoms with Crippen LogP contribution in [0.4, 0.5) is 14.5 Å². The molecule has 1 aliphatic rings. The van der Waals surface area contributed by atoms with Gasteiger partial charge in [-0.1, -0.05) is 0 Å². The minimum Gasteiger partial charge on any atom is -0.366 e. The summed E-state index contributed by atoms with van der Waals surface area (Å²) in [6, 6.07) is 2.73. The normalized spacial score (nSPS) is 20.9. The number of anilines is 1. The molecule has 0 aromatic heterocycles. The fraction of sp³-hybridized carbons (Fsp3) is 0.400. The van der Waals surface area contributed by atoms with Crippen molar-refractivity contribution in [3.63, 3.8) is 0 Å². The van der Waals surface area contributed by atoms with E-state index in [9.17, 15) is 8.78 Å². The van der Waals surface area contributed by atoms with E-state index in [0.29, 0.717) is 11.7 Å². The fourth-order valence-corrected chi connectivity index (χ4v) is 1.92. The number of benzene rings is 1. The van der Waals surface area contributed by atoms with E-state index in [0.717, 1.165) is 13.0 Å². The molecule has 0 radical (unpaired) electrons. The summed E-state index contributed by atoms with van der Waals surface area (Å²) >= 11 is 2.95. The average molecular weight is 262 g/mol. The van der Waals surface area contributed by atoms with Gasteiger partial charge in [0, 0.05) is 18.7 Å². The van der Waals surface area contributed by atoms with Gasteiger partial charge in [0.2, 0.25) is 0 Å². The van der Waals surface area contributed by atoms with Gasteiger partial charge < -0.3 is 4.90 Å². The van der Waals surface area contributed by atoms with Gasteiger partial charge >= 0.3 is 0 Å². The SMILES string of the molecule is CC1CCN1c1cc(F)c(Br)cc1F. The molecule has 0 aliphatic carbocycles. The first-order chi connectivity index (χ1) is 6.59. The fourth-order valence-electron chi connectivity index (χ4n) is 1.61. The molecule has 0 bridgehead atoms. The van der Waals surface area contributed by atoms with Gasteiger partial charge in [-0.05, 0) is 35.3 Å². The van der Waals surface area contributed by atoms with Crippen LogP contribution in [-0.4, -0.2) is 12.6 Å². The average Bonchev–Trinajstić information content (AvgIpc) is 2.12. The minimum atomic E-state index is -0.416. The van der Waals surface area contributed by atoms with Crippen molar-refractivity contribution in [2.24, 2.45) is 0 Å². The molecule has 1 heterocycles. The lowest BCUT2D eigenvalue weighted by molar-refractivity contribution is 0.466. The summed E-state index contributed by atoms with van der Waals surface area (Å²) < 4.78 is 26.8. The van der Waals surface area contributed by atoms with Crippen molar-refractivity contribution in [3.8, 4) is 0 Å². The number of hydrogen-bond donors (Lipinski definition) is 0. The third-order valence-corrected chi connectivity index (χ3v) is 3.23. The highest BCUT2D eigenvalue weighted by molar-refractivity contribution is 9.10. The molecule has 1 aromatic carbocycles. The van der Waals surface area contributed by atoms with Crippen LogP contribution >= 0.6 is 15.9 Å². The third kappa shape index (κ3) is 1.52. The number of nitrogens with zero attached hydrogens (tertiary/aromatic N) is 1. The molecule has 76 valence electrons. The molecule has 2 rings (SSSR count). The smallest absolute Gasteiger partial charge is 0.147 e. The Morgan fingerprint density at radius 3 is 2.57 bits per heavy atom. The van der Waals surface area contributed by atoms with Crippen LogP contribution in [0.15, 0.2) is 16.6 Å². The van der Waals surface area contributed by atoms with E-state index in [2.05, 4.69) is 15.9 Å². The molecular weight excluding hydrogens is 252 g/mol. The van der Waals surface area contributed by atoms with Crippen molar-refractivity contribution < 1.29 is 8.78 Å². The lowest BCUT2D eigenvalue weighted by Gasteiger charge is -2.40. The van der Waals surface area contributed by atoms with Gasteiger partial charge in [0.1, 0.15) is 11.6 Å². The molecule has 0 saturated carbocycles. The monoisotopic (exact) mass is 261 g/mol. The van der Waals surface area contributed by atoms with Crippen molar-refractivity contribution in [2.45, 2.75) is 19.4 Å². The Labute approximate surface area is 89.8 Å². The van der Waals surface area contributed by atoms with Crippen LogP contribution in [0.1, 0.15) is 13.3 Å². The maximum atomic E-state index is 13.4. The molecule has 1 fully saturated rings. The van der Waals surface area contributed by atoms with Gasteiger partial charge in [-0.3, -0.25) is 0 Å². The van der Waals surface area contributed by atoms with Gasteiger partial charge in [0.05, 0.1) is 10.2 Å². The molecule has 0 N–H and O–H groups in total. The maximum absolute atomic E-state index is 13.4. The van der Waals surface area contributed by atoms with Crippen molar-refractivity contribution in [3.05, 3.63) is 28.2 Å². The van der Waals surface area contributed by atoms with E-state index >= 15 is 0 Å². The number of rotatable bonds is 1. The summed E-state index contributed by atoms with van der Waals surface area (Å²) in [5.74, 6) is -0.787. The minimum absolute atomic E-state index is 0.173. The van der Waals surface area contributed by atoms with E-state index in [1.807, 2.05) is 11.8 Å². The van der Waals surface area contributed by atoms with E-state index < -0.39 is 5.82 Å². The molecule has 0 amide bonds. The quantitative estimate of drug-likeness (QED) is 0.702. The van der Waals surface area contributed by atoms with Gasteiger partial charge in [-0.25, -0.2) is 8.78 Å². The first-order valence-corrected chi connectivity index (χ1v) is 5.30. The summed E-state index contributed by atoms with van der Waals surface area (Å²) in [6.07, 6.45) is 1.04. The predicted octanol–water partition coefficient (Wildman–Crippen LogP) is 3.33. The standard InChI is InChI=1S/C10H10BrF2N/c1-6-2-3-14(6)10-5-8(12)7(11)4-9(10)13/h4-6H,2-3H2,1H3. The highest BCUT2D eigenvalue weighted by atomic mass is 79.9. The summed E-state index contributed by atoms with van der Waals surface area (Å²) in [5.41, 5.74) is 0.365. The zero-order valence-electron chi connectivity index (χ0n) is 7.73. The van der Waals surface area contributed by atoms with Crippen LogP contribution < -0.4 is 4.90 Å². The van der Waals surface area contributed by atoms with Gasteiger partial charge in [0.25, 0.3) is 0 Å². The van der Waals surface area contributed by atoms with Crippen LogP contribution in [0.5, 0.6) is 0 Å². The molecular formula is C10H10BrF2N. The molecule has 1 nitrogen and oxygen atoms in total. The lowest BCUT2D eigenvalue weighted by atomic mass is 10.0. The first kappa shape index (κ1) is 9.90. The van der Waals surface area contributed by atoms with Crippen LogP contribution in [0.25, 0.3) is 0 Å². The van der Waals surface area contributed by atoms with Crippen molar-refractivity contribution in [1.82, 2.24) is 0 Å². The third-order valence-electron chi connectivity index (χ3n) is 2.62. The van der Waals surface area contributed by atoms with Gasteiger partial charge in [-0.15, -0.1) is 0 Å². The van der Waals surface area contributed by atoms with E-state index in [1.54, 1.807) is 0 Å². The topological polar surface area (TPSA) is 3.24 Å². The molecule has 1 aromatic rings. The second-order valence-corrected chi connectivity index (χ2v) is 4.40. The molecule has 1 atom stereocenters. The van der Waals surface area contributed by atoms with Crippen LogP contribution in [-0.2, 0) is 0 Å². The Bertz CT molecular complexity index is 367. The second kappa shape index (κ2) is 3.50. The van der Waals surface area contributed by atoms with Crippen molar-refractivity contribution in [1.29, 1.82) is 0 Å². The highest BCUT2D eigenvalue weighted by Crippen LogP contribution is 2.31. The lowest BCUT2D eigenvalue weighted by Crippen LogP contribution is -2.46. The summed E-state index contributed by atoms with van der Waals surface area (Å²) in [6.45, 7) is 2.81. The van der Waals surface area contributed by atoms with Gasteiger partial charge in [0.15, 0.2) is 0 Å². The Morgan fingerprint density at radius 2 is 2.07 bits per heavy atom. The van der Waals surface area contributed by atoms with Crippen LogP contribution in [0, 0.1) is 11.6 Å². The molecule has 1 aliphatic heterocycles. The Hall–Kier alpha value is -0.640. The summed E-state index contributed by atoms with van der Waals surface area (Å²) in [5, 5.41) is 0. The number of halogens is 3.